The van der Waals surface area contributed by atoms with Gasteiger partial charge < -0.3 is 15.2 Å². The number of imide groups is 1. The van der Waals surface area contributed by atoms with E-state index in [-0.39, 0.29) is 12.2 Å². The first kappa shape index (κ1) is 22.3. The number of hydrogen-bond acceptors (Lipinski definition) is 5. The van der Waals surface area contributed by atoms with Gasteiger partial charge in [-0.3, -0.25) is 10.1 Å². The maximum atomic E-state index is 11.9. The quantitative estimate of drug-likeness (QED) is 0.457. The second-order valence-corrected chi connectivity index (χ2v) is 6.96. The van der Waals surface area contributed by atoms with Crippen molar-refractivity contribution in [3.63, 3.8) is 0 Å². The monoisotopic (exact) mass is 477 g/mol. The summed E-state index contributed by atoms with van der Waals surface area (Å²) in [6.07, 6.45) is 1.31. The van der Waals surface area contributed by atoms with Crippen molar-refractivity contribution in [3.8, 4) is 17.6 Å². The van der Waals surface area contributed by atoms with Crippen LogP contribution in [0.4, 0.5) is 4.79 Å². The molecule has 29 heavy (non-hydrogen) atoms. The van der Waals surface area contributed by atoms with Gasteiger partial charge in [-0.15, -0.1) is 0 Å². The second kappa shape index (κ2) is 10.5. The number of primary amides is 1. The van der Waals surface area contributed by atoms with Crippen molar-refractivity contribution >= 4 is 45.5 Å². The van der Waals surface area contributed by atoms with E-state index in [1.165, 1.54) is 6.08 Å². The second-order valence-electron chi connectivity index (χ2n) is 5.67. The Balaban J connectivity index is 2.32. The van der Waals surface area contributed by atoms with Gasteiger partial charge in [0, 0.05) is 5.02 Å². The van der Waals surface area contributed by atoms with Gasteiger partial charge >= 0.3 is 6.03 Å². The molecule has 0 saturated carbocycles. The fourth-order valence-corrected chi connectivity index (χ4v) is 3.01. The summed E-state index contributed by atoms with van der Waals surface area (Å²) in [6.45, 7) is 2.49. The third-order valence-electron chi connectivity index (χ3n) is 3.54. The highest BCUT2D eigenvalue weighted by molar-refractivity contribution is 9.10. The first-order chi connectivity index (χ1) is 13.8. The Morgan fingerprint density at radius 3 is 2.55 bits per heavy atom. The van der Waals surface area contributed by atoms with E-state index in [2.05, 4.69) is 15.9 Å². The smallest absolute Gasteiger partial charge is 0.319 e. The van der Waals surface area contributed by atoms with Gasteiger partial charge in [0.05, 0.1) is 11.1 Å². The number of benzene rings is 2. The number of amides is 3. The summed E-state index contributed by atoms with van der Waals surface area (Å²) in [5.74, 6) is 0.00544. The highest BCUT2D eigenvalue weighted by atomic mass is 79.9. The summed E-state index contributed by atoms with van der Waals surface area (Å²) >= 11 is 9.32. The third kappa shape index (κ3) is 6.52. The molecule has 0 aliphatic heterocycles. The van der Waals surface area contributed by atoms with E-state index in [0.717, 1.165) is 5.56 Å². The maximum Gasteiger partial charge on any atom is 0.319 e. The molecule has 2 aromatic carbocycles. The molecular formula is C20H17BrClN3O4. The normalized spacial score (nSPS) is 10.8. The van der Waals surface area contributed by atoms with E-state index in [0.29, 0.717) is 33.2 Å². The summed E-state index contributed by atoms with van der Waals surface area (Å²) in [6, 6.07) is 11.2. The molecule has 0 saturated heterocycles. The van der Waals surface area contributed by atoms with Crippen LogP contribution in [0.15, 0.2) is 46.4 Å². The molecule has 2 rings (SSSR count). The molecule has 0 radical (unpaired) electrons. The molecule has 0 aliphatic rings. The number of hydrogen-bond donors (Lipinski definition) is 2. The molecule has 3 N–H and O–H groups in total. The Morgan fingerprint density at radius 2 is 1.97 bits per heavy atom. The lowest BCUT2D eigenvalue weighted by atomic mass is 10.1. The lowest BCUT2D eigenvalue weighted by Gasteiger charge is -2.15. The number of ether oxygens (including phenoxy) is 2. The van der Waals surface area contributed by atoms with Crippen molar-refractivity contribution in [2.45, 2.75) is 13.5 Å². The van der Waals surface area contributed by atoms with Gasteiger partial charge in [0.2, 0.25) is 0 Å². The minimum absolute atomic E-state index is 0.284. The third-order valence-corrected chi connectivity index (χ3v) is 4.38. The molecule has 0 unspecified atom stereocenters. The number of nitriles is 1. The summed E-state index contributed by atoms with van der Waals surface area (Å²) in [7, 11) is 0. The van der Waals surface area contributed by atoms with Crippen LogP contribution in [0, 0.1) is 11.3 Å². The van der Waals surface area contributed by atoms with Crippen molar-refractivity contribution in [2.24, 2.45) is 5.73 Å². The summed E-state index contributed by atoms with van der Waals surface area (Å²) in [5.41, 5.74) is 6.05. The first-order valence-corrected chi connectivity index (χ1v) is 9.57. The Bertz CT molecular complexity index is 984. The lowest BCUT2D eigenvalue weighted by Crippen LogP contribution is -2.35. The fourth-order valence-electron chi connectivity index (χ4n) is 2.30. The van der Waals surface area contributed by atoms with Crippen LogP contribution in [0.3, 0.4) is 0 Å². The lowest BCUT2D eigenvalue weighted by molar-refractivity contribution is -0.115. The first-order valence-electron chi connectivity index (χ1n) is 8.40. The SMILES string of the molecule is CCOc1cc(/C=C(/C#N)C(=O)NC(N)=O)cc(Br)c1OCc1ccc(Cl)cc1. The van der Waals surface area contributed by atoms with Crippen LogP contribution in [0.25, 0.3) is 6.08 Å². The summed E-state index contributed by atoms with van der Waals surface area (Å²) in [5, 5.41) is 11.7. The number of nitrogens with one attached hydrogen (secondary N) is 1. The van der Waals surface area contributed by atoms with Gasteiger partial charge in [-0.05, 0) is 64.3 Å². The van der Waals surface area contributed by atoms with E-state index in [9.17, 15) is 14.9 Å². The number of urea groups is 1. The number of carbonyl (C=O) groups is 2. The van der Waals surface area contributed by atoms with Crippen molar-refractivity contribution in [3.05, 3.63) is 62.6 Å². The summed E-state index contributed by atoms with van der Waals surface area (Å²) in [4.78, 5) is 22.7. The van der Waals surface area contributed by atoms with Crippen LogP contribution in [0.5, 0.6) is 11.5 Å². The topological polar surface area (TPSA) is 114 Å². The number of nitrogens with two attached hydrogens (primary N) is 1. The molecular weight excluding hydrogens is 462 g/mol. The number of nitrogens with zero attached hydrogens (tertiary/aromatic N) is 1. The van der Waals surface area contributed by atoms with Crippen LogP contribution in [-0.2, 0) is 11.4 Å². The molecule has 0 atom stereocenters. The van der Waals surface area contributed by atoms with Crippen molar-refractivity contribution in [2.75, 3.05) is 6.61 Å². The predicted molar refractivity (Wildman–Crippen MR) is 112 cm³/mol. The van der Waals surface area contributed by atoms with E-state index < -0.39 is 11.9 Å². The van der Waals surface area contributed by atoms with Crippen molar-refractivity contribution < 1.29 is 19.1 Å². The zero-order valence-corrected chi connectivity index (χ0v) is 17.7. The molecule has 0 spiro atoms. The average Bonchev–Trinajstić information content (AvgIpc) is 2.66. The van der Waals surface area contributed by atoms with Gasteiger partial charge in [-0.1, -0.05) is 23.7 Å². The molecule has 0 bridgehead atoms. The summed E-state index contributed by atoms with van der Waals surface area (Å²) < 4.78 is 12.1. The molecule has 7 nitrogen and oxygen atoms in total. The van der Waals surface area contributed by atoms with Crippen LogP contribution < -0.4 is 20.5 Å². The molecule has 3 amide bonds. The number of carbonyl (C=O) groups excluding carboxylic acids is 2. The van der Waals surface area contributed by atoms with Gasteiger partial charge in [-0.2, -0.15) is 5.26 Å². The van der Waals surface area contributed by atoms with E-state index in [1.807, 2.05) is 24.4 Å². The van der Waals surface area contributed by atoms with Crippen LogP contribution in [-0.4, -0.2) is 18.5 Å². The molecule has 150 valence electrons. The van der Waals surface area contributed by atoms with Crippen molar-refractivity contribution in [1.29, 1.82) is 5.26 Å². The fraction of sp³-hybridized carbons (Fsp3) is 0.150. The number of rotatable bonds is 7. The highest BCUT2D eigenvalue weighted by Crippen LogP contribution is 2.38. The minimum atomic E-state index is -1.04. The van der Waals surface area contributed by atoms with E-state index in [1.54, 1.807) is 30.3 Å². The van der Waals surface area contributed by atoms with Crippen LogP contribution in [0.2, 0.25) is 5.02 Å². The number of halogens is 2. The average molecular weight is 479 g/mol. The van der Waals surface area contributed by atoms with E-state index >= 15 is 0 Å². The highest BCUT2D eigenvalue weighted by Gasteiger charge is 2.15. The molecule has 2 aromatic rings. The Labute approximate surface area is 181 Å². The maximum absolute atomic E-state index is 11.9. The zero-order chi connectivity index (χ0) is 21.4. The molecule has 0 aliphatic carbocycles. The Morgan fingerprint density at radius 1 is 1.28 bits per heavy atom. The van der Waals surface area contributed by atoms with E-state index in [4.69, 9.17) is 26.8 Å². The van der Waals surface area contributed by atoms with Crippen LogP contribution in [0.1, 0.15) is 18.1 Å². The molecule has 0 fully saturated rings. The molecule has 9 heteroatoms. The minimum Gasteiger partial charge on any atom is -0.490 e. The molecule has 0 aromatic heterocycles. The van der Waals surface area contributed by atoms with Crippen molar-refractivity contribution in [1.82, 2.24) is 5.32 Å². The Kier molecular flexibility index (Phi) is 8.07. The molecule has 0 heterocycles. The van der Waals surface area contributed by atoms with Crippen LogP contribution >= 0.6 is 27.5 Å². The predicted octanol–water partition coefficient (Wildman–Crippen LogP) is 4.18. The van der Waals surface area contributed by atoms with Gasteiger partial charge in [0.1, 0.15) is 18.2 Å². The largest absolute Gasteiger partial charge is 0.490 e. The zero-order valence-electron chi connectivity index (χ0n) is 15.4. The Hall–Kier alpha value is -3.02. The standard InChI is InChI=1S/C20H17BrClN3O4/c1-2-28-17-9-13(7-14(10-23)19(26)25-20(24)27)8-16(21)18(17)29-11-12-3-5-15(22)6-4-12/h3-9H,2,11H2,1H3,(H3,24,25,26,27)/b14-7-. The van der Waals surface area contributed by atoms with Gasteiger partial charge in [0.25, 0.3) is 5.91 Å². The van der Waals surface area contributed by atoms with Gasteiger partial charge in [0.15, 0.2) is 11.5 Å². The van der Waals surface area contributed by atoms with Gasteiger partial charge in [-0.25, -0.2) is 4.79 Å².